The van der Waals surface area contributed by atoms with E-state index in [0.717, 1.165) is 19.3 Å². The lowest BCUT2D eigenvalue weighted by atomic mass is 9.74. The maximum Gasteiger partial charge on any atom is 0.405 e. The molecule has 1 amide bonds. The summed E-state index contributed by atoms with van der Waals surface area (Å²) in [5.41, 5.74) is -1.30. The quantitative estimate of drug-likeness (QED) is 0.177. The molecule has 0 spiro atoms. The number of nitrogens with one attached hydrogen (secondary N) is 1. The maximum absolute atomic E-state index is 10.9. The summed E-state index contributed by atoms with van der Waals surface area (Å²) in [4.78, 5) is 10.9. The predicted octanol–water partition coefficient (Wildman–Crippen LogP) is 6.27. The van der Waals surface area contributed by atoms with Crippen molar-refractivity contribution in [3.63, 3.8) is 0 Å². The summed E-state index contributed by atoms with van der Waals surface area (Å²) in [6.07, 6.45) is 18.3. The van der Waals surface area contributed by atoms with E-state index in [0.29, 0.717) is 6.42 Å². The zero-order valence-corrected chi connectivity index (χ0v) is 19.5. The van der Waals surface area contributed by atoms with Gasteiger partial charge in [0.05, 0.1) is 13.2 Å². The molecule has 5 heteroatoms. The Bertz CT molecular complexity index is 394. The molecule has 0 rings (SSSR count). The van der Waals surface area contributed by atoms with Crippen LogP contribution in [0.3, 0.4) is 0 Å². The summed E-state index contributed by atoms with van der Waals surface area (Å²) in [6.45, 7) is 5.62. The second-order valence-electron chi connectivity index (χ2n) is 9.65. The molecule has 29 heavy (non-hydrogen) atoms. The van der Waals surface area contributed by atoms with Crippen molar-refractivity contribution in [1.82, 2.24) is 5.32 Å². The molecule has 174 valence electrons. The lowest BCUT2D eigenvalue weighted by Gasteiger charge is -2.37. The van der Waals surface area contributed by atoms with Crippen LogP contribution >= 0.6 is 0 Å². The molecular weight excluding hydrogens is 366 g/mol. The molecule has 0 heterocycles. The van der Waals surface area contributed by atoms with Crippen molar-refractivity contribution in [3.05, 3.63) is 0 Å². The summed E-state index contributed by atoms with van der Waals surface area (Å²) in [7, 11) is 0. The molecule has 0 aromatic carbocycles. The predicted molar refractivity (Wildman–Crippen MR) is 121 cm³/mol. The minimum Gasteiger partial charge on any atom is -0.465 e. The van der Waals surface area contributed by atoms with E-state index in [1.165, 1.54) is 77.0 Å². The third kappa shape index (κ3) is 15.7. The molecule has 0 fully saturated rings. The number of amides is 1. The van der Waals surface area contributed by atoms with Crippen LogP contribution in [0.2, 0.25) is 0 Å². The fourth-order valence-corrected chi connectivity index (χ4v) is 4.37. The highest BCUT2D eigenvalue weighted by Crippen LogP contribution is 2.33. The van der Waals surface area contributed by atoms with Crippen molar-refractivity contribution in [1.29, 1.82) is 0 Å². The summed E-state index contributed by atoms with van der Waals surface area (Å²) in [6, 6.07) is 0. The molecule has 0 unspecified atom stereocenters. The number of rotatable bonds is 20. The highest BCUT2D eigenvalue weighted by Gasteiger charge is 2.36. The van der Waals surface area contributed by atoms with Gasteiger partial charge in [0, 0.05) is 11.0 Å². The summed E-state index contributed by atoms with van der Waals surface area (Å²) in [5, 5.41) is 31.1. The molecule has 0 saturated carbocycles. The van der Waals surface area contributed by atoms with E-state index in [4.69, 9.17) is 5.11 Å². The van der Waals surface area contributed by atoms with Crippen molar-refractivity contribution < 1.29 is 20.1 Å². The Morgan fingerprint density at radius 3 is 1.45 bits per heavy atom. The number of aliphatic hydroxyl groups excluding tert-OH is 2. The van der Waals surface area contributed by atoms with E-state index < -0.39 is 17.0 Å². The van der Waals surface area contributed by atoms with Crippen molar-refractivity contribution in [2.24, 2.45) is 5.41 Å². The van der Waals surface area contributed by atoms with Gasteiger partial charge in [0.2, 0.25) is 0 Å². The third-order valence-corrected chi connectivity index (χ3v) is 5.99. The van der Waals surface area contributed by atoms with Crippen LogP contribution in [-0.4, -0.2) is 40.2 Å². The van der Waals surface area contributed by atoms with Gasteiger partial charge < -0.3 is 20.6 Å². The number of hydrogen-bond donors (Lipinski definition) is 4. The van der Waals surface area contributed by atoms with Gasteiger partial charge in [-0.15, -0.1) is 0 Å². The van der Waals surface area contributed by atoms with Crippen LogP contribution in [0, 0.1) is 5.41 Å². The van der Waals surface area contributed by atoms with Gasteiger partial charge in [-0.1, -0.05) is 96.8 Å². The number of unbranched alkanes of at least 4 members (excludes halogenated alkanes) is 13. The fraction of sp³-hybridized carbons (Fsp3) is 0.958. The molecule has 4 N–H and O–H groups in total. The van der Waals surface area contributed by atoms with Gasteiger partial charge in [0.25, 0.3) is 0 Å². The van der Waals surface area contributed by atoms with Crippen LogP contribution in [0.4, 0.5) is 4.79 Å². The Morgan fingerprint density at radius 1 is 0.724 bits per heavy atom. The number of aliphatic hydroxyl groups is 2. The zero-order valence-electron chi connectivity index (χ0n) is 19.5. The SMILES string of the molecule is CCCCCCCCCCCCCCCCC(CO)(CO)CC(C)(C)NC(=O)O. The standard InChI is InChI=1S/C24H49NO4/c1-4-5-6-7-8-9-10-11-12-13-14-15-16-17-18-24(20-26,21-27)19-23(2,3)25-22(28)29/h25-27H,4-21H2,1-3H3,(H,28,29). The molecule has 0 radical (unpaired) electrons. The van der Waals surface area contributed by atoms with Crippen LogP contribution in [0.15, 0.2) is 0 Å². The van der Waals surface area contributed by atoms with Gasteiger partial charge in [0.1, 0.15) is 0 Å². The minimum absolute atomic E-state index is 0.118. The maximum atomic E-state index is 10.9. The van der Waals surface area contributed by atoms with E-state index in [1.807, 2.05) is 0 Å². The first kappa shape index (κ1) is 28.2. The fourth-order valence-electron chi connectivity index (χ4n) is 4.37. The Hall–Kier alpha value is -0.810. The molecule has 0 aromatic heterocycles. The smallest absolute Gasteiger partial charge is 0.405 e. The molecule has 0 aliphatic carbocycles. The Morgan fingerprint density at radius 2 is 1.10 bits per heavy atom. The Kier molecular flexibility index (Phi) is 16.5. The Balaban J connectivity index is 3.80. The Labute approximate surface area is 179 Å². The van der Waals surface area contributed by atoms with Crippen LogP contribution in [0.5, 0.6) is 0 Å². The number of carbonyl (C=O) groups is 1. The van der Waals surface area contributed by atoms with Gasteiger partial charge in [-0.2, -0.15) is 0 Å². The monoisotopic (exact) mass is 415 g/mol. The summed E-state index contributed by atoms with van der Waals surface area (Å²) >= 11 is 0. The highest BCUT2D eigenvalue weighted by atomic mass is 16.4. The topological polar surface area (TPSA) is 89.8 Å². The van der Waals surface area contributed by atoms with E-state index in [1.54, 1.807) is 13.8 Å². The second-order valence-corrected chi connectivity index (χ2v) is 9.65. The third-order valence-electron chi connectivity index (χ3n) is 5.99. The molecule has 0 aromatic rings. The lowest BCUT2D eigenvalue weighted by Crippen LogP contribution is -2.48. The minimum atomic E-state index is -1.07. The molecular formula is C24H49NO4. The molecule has 5 nitrogen and oxygen atoms in total. The van der Waals surface area contributed by atoms with Gasteiger partial charge >= 0.3 is 6.09 Å². The van der Waals surface area contributed by atoms with Crippen LogP contribution in [-0.2, 0) is 0 Å². The van der Waals surface area contributed by atoms with Crippen molar-refractivity contribution in [2.45, 2.75) is 129 Å². The zero-order chi connectivity index (χ0) is 22.0. The molecule has 0 aliphatic heterocycles. The first-order valence-corrected chi connectivity index (χ1v) is 12.0. The second kappa shape index (κ2) is 16.9. The normalized spacial score (nSPS) is 12.3. The first-order chi connectivity index (χ1) is 13.8. The van der Waals surface area contributed by atoms with Crippen molar-refractivity contribution in [3.8, 4) is 0 Å². The largest absolute Gasteiger partial charge is 0.465 e. The first-order valence-electron chi connectivity index (χ1n) is 12.0. The van der Waals surface area contributed by atoms with E-state index in [9.17, 15) is 15.0 Å². The molecule has 0 atom stereocenters. The van der Waals surface area contributed by atoms with E-state index in [-0.39, 0.29) is 13.2 Å². The van der Waals surface area contributed by atoms with Crippen LogP contribution in [0.1, 0.15) is 124 Å². The molecule has 0 bridgehead atoms. The van der Waals surface area contributed by atoms with Crippen LogP contribution < -0.4 is 5.32 Å². The van der Waals surface area contributed by atoms with Crippen LogP contribution in [0.25, 0.3) is 0 Å². The summed E-state index contributed by atoms with van der Waals surface area (Å²) < 4.78 is 0. The summed E-state index contributed by atoms with van der Waals surface area (Å²) in [5.74, 6) is 0. The van der Waals surface area contributed by atoms with E-state index in [2.05, 4.69) is 12.2 Å². The van der Waals surface area contributed by atoms with E-state index >= 15 is 0 Å². The molecule has 0 aliphatic rings. The average molecular weight is 416 g/mol. The molecule has 0 saturated heterocycles. The van der Waals surface area contributed by atoms with Crippen molar-refractivity contribution >= 4 is 6.09 Å². The lowest BCUT2D eigenvalue weighted by molar-refractivity contribution is 0.0178. The highest BCUT2D eigenvalue weighted by molar-refractivity contribution is 5.65. The van der Waals surface area contributed by atoms with Gasteiger partial charge in [0.15, 0.2) is 0 Å². The van der Waals surface area contributed by atoms with Gasteiger partial charge in [-0.25, -0.2) is 4.79 Å². The number of carboxylic acid groups (broad SMARTS) is 1. The van der Waals surface area contributed by atoms with Gasteiger partial charge in [-0.05, 0) is 26.7 Å². The average Bonchev–Trinajstić information content (AvgIpc) is 2.66. The van der Waals surface area contributed by atoms with Gasteiger partial charge in [-0.3, -0.25) is 0 Å². The number of hydrogen-bond acceptors (Lipinski definition) is 3. The van der Waals surface area contributed by atoms with Crippen molar-refractivity contribution in [2.75, 3.05) is 13.2 Å².